The van der Waals surface area contributed by atoms with Crippen molar-refractivity contribution in [1.29, 1.82) is 0 Å². The Morgan fingerprint density at radius 1 is 1.17 bits per heavy atom. The quantitative estimate of drug-likeness (QED) is 0.667. The van der Waals surface area contributed by atoms with E-state index in [1.54, 1.807) is 7.11 Å². The predicted octanol–water partition coefficient (Wildman–Crippen LogP) is 2.38. The zero-order valence-corrected chi connectivity index (χ0v) is 16.5. The molecule has 0 N–H and O–H groups in total. The molecule has 3 aromatic rings. The first-order chi connectivity index (χ1) is 14.2. The van der Waals surface area contributed by atoms with Crippen molar-refractivity contribution < 1.29 is 14.3 Å². The number of nitrogens with zero attached hydrogens (tertiary/aromatic N) is 4. The van der Waals surface area contributed by atoms with Gasteiger partial charge in [-0.2, -0.15) is 0 Å². The normalized spacial score (nSPS) is 16.5. The maximum atomic E-state index is 13.3. The number of hydrogen-bond donors (Lipinski definition) is 0. The number of imidazole rings is 1. The first kappa shape index (κ1) is 18.0. The number of ether oxygens (including phenoxy) is 2. The molecule has 1 aromatic carbocycles. The number of fused-ring (bicyclic) bond motifs is 2. The Morgan fingerprint density at radius 3 is 2.83 bits per heavy atom. The molecule has 5 rings (SSSR count). The van der Waals surface area contributed by atoms with Gasteiger partial charge in [-0.15, -0.1) is 0 Å². The minimum absolute atomic E-state index is 0.0733. The van der Waals surface area contributed by atoms with Crippen LogP contribution in [-0.4, -0.2) is 60.1 Å². The molecule has 0 unspecified atom stereocenters. The second kappa shape index (κ2) is 7.40. The number of benzene rings is 1. The lowest BCUT2D eigenvalue weighted by molar-refractivity contribution is 0.0779. The molecule has 7 nitrogen and oxygen atoms in total. The summed E-state index contributed by atoms with van der Waals surface area (Å²) in [6.07, 6.45) is 4.74. The fraction of sp³-hybridized carbons (Fsp3) is 0.364. The summed E-state index contributed by atoms with van der Waals surface area (Å²) in [5.74, 6) is 0.852. The average Bonchev–Trinajstić information content (AvgIpc) is 3.33. The van der Waals surface area contributed by atoms with Crippen molar-refractivity contribution in [3.05, 3.63) is 59.5 Å². The molecular formula is C22H24N4O3. The van der Waals surface area contributed by atoms with Crippen molar-refractivity contribution in [3.8, 4) is 5.75 Å². The lowest BCUT2D eigenvalue weighted by atomic mass is 10.1. The van der Waals surface area contributed by atoms with Gasteiger partial charge in [-0.1, -0.05) is 6.07 Å². The molecule has 7 heteroatoms. The Balaban J connectivity index is 1.39. The first-order valence-electron chi connectivity index (χ1n) is 9.99. The summed E-state index contributed by atoms with van der Waals surface area (Å²) in [7, 11) is 1.66. The Morgan fingerprint density at radius 2 is 2.03 bits per heavy atom. The SMILES string of the molecule is COc1ccc(N2CCOCC2)c2c1CN(CCc1cn3ccccc3n1)C2=O. The van der Waals surface area contributed by atoms with Gasteiger partial charge in [0.2, 0.25) is 0 Å². The molecule has 150 valence electrons. The van der Waals surface area contributed by atoms with Crippen LogP contribution in [0.2, 0.25) is 0 Å². The van der Waals surface area contributed by atoms with Crippen molar-refractivity contribution >= 4 is 17.2 Å². The summed E-state index contributed by atoms with van der Waals surface area (Å²) < 4.78 is 13.0. The smallest absolute Gasteiger partial charge is 0.256 e. The van der Waals surface area contributed by atoms with Gasteiger partial charge in [0.05, 0.1) is 43.8 Å². The third kappa shape index (κ3) is 3.21. The fourth-order valence-corrected chi connectivity index (χ4v) is 4.23. The Hall–Kier alpha value is -3.06. The molecule has 0 atom stereocenters. The Bertz CT molecular complexity index is 1020. The van der Waals surface area contributed by atoms with Crippen LogP contribution in [0.25, 0.3) is 5.65 Å². The maximum absolute atomic E-state index is 13.3. The predicted molar refractivity (Wildman–Crippen MR) is 110 cm³/mol. The lowest BCUT2D eigenvalue weighted by Gasteiger charge is -2.30. The van der Waals surface area contributed by atoms with Gasteiger partial charge in [-0.25, -0.2) is 4.98 Å². The van der Waals surface area contributed by atoms with Crippen LogP contribution < -0.4 is 9.64 Å². The van der Waals surface area contributed by atoms with Crippen LogP contribution in [0, 0.1) is 0 Å². The van der Waals surface area contributed by atoms with Crippen molar-refractivity contribution in [1.82, 2.24) is 14.3 Å². The van der Waals surface area contributed by atoms with Crippen LogP contribution in [0.4, 0.5) is 5.69 Å². The van der Waals surface area contributed by atoms with Gasteiger partial charge in [-0.3, -0.25) is 4.79 Å². The molecule has 0 radical (unpaired) electrons. The molecule has 29 heavy (non-hydrogen) atoms. The highest BCUT2D eigenvalue weighted by atomic mass is 16.5. The van der Waals surface area contributed by atoms with Crippen molar-refractivity contribution in [3.63, 3.8) is 0 Å². The topological polar surface area (TPSA) is 59.3 Å². The van der Waals surface area contributed by atoms with E-state index in [1.807, 2.05) is 52.0 Å². The van der Waals surface area contributed by atoms with E-state index in [0.717, 1.165) is 53.4 Å². The largest absolute Gasteiger partial charge is 0.496 e. The summed E-state index contributed by atoms with van der Waals surface area (Å²) in [4.78, 5) is 22.1. The highest BCUT2D eigenvalue weighted by molar-refractivity contribution is 6.04. The molecule has 2 aliphatic heterocycles. The van der Waals surface area contributed by atoms with Crippen LogP contribution in [0.1, 0.15) is 21.6 Å². The van der Waals surface area contributed by atoms with Gasteiger partial charge in [0.25, 0.3) is 5.91 Å². The van der Waals surface area contributed by atoms with Gasteiger partial charge in [0, 0.05) is 44.0 Å². The standard InChI is InChI=1S/C22H24N4O3/c1-28-19-6-5-18(24-10-12-29-13-11-24)21-17(19)15-26(22(21)27)9-7-16-14-25-8-3-2-4-20(25)23-16/h2-6,8,14H,7,9-13,15H2,1H3. The molecule has 2 aliphatic rings. The summed E-state index contributed by atoms with van der Waals surface area (Å²) in [6.45, 7) is 4.17. The highest BCUT2D eigenvalue weighted by Gasteiger charge is 2.34. The zero-order chi connectivity index (χ0) is 19.8. The average molecular weight is 392 g/mol. The fourth-order valence-electron chi connectivity index (χ4n) is 4.23. The summed E-state index contributed by atoms with van der Waals surface area (Å²) >= 11 is 0. The molecule has 1 amide bonds. The molecule has 2 aromatic heterocycles. The molecule has 4 heterocycles. The highest BCUT2D eigenvalue weighted by Crippen LogP contribution is 2.38. The van der Waals surface area contributed by atoms with Gasteiger partial charge in [-0.05, 0) is 24.3 Å². The number of carbonyl (C=O) groups excluding carboxylic acids is 1. The molecule has 0 saturated carbocycles. The van der Waals surface area contributed by atoms with Gasteiger partial charge in [0.1, 0.15) is 11.4 Å². The van der Waals surface area contributed by atoms with E-state index in [1.165, 1.54) is 0 Å². The van der Waals surface area contributed by atoms with E-state index in [2.05, 4.69) is 9.88 Å². The van der Waals surface area contributed by atoms with E-state index in [9.17, 15) is 4.79 Å². The van der Waals surface area contributed by atoms with Crippen molar-refractivity contribution in [2.75, 3.05) is 44.9 Å². The summed E-state index contributed by atoms with van der Waals surface area (Å²) in [6, 6.07) is 9.93. The first-order valence-corrected chi connectivity index (χ1v) is 9.99. The number of anilines is 1. The van der Waals surface area contributed by atoms with Gasteiger partial charge in [0.15, 0.2) is 0 Å². The minimum atomic E-state index is 0.0733. The Kier molecular flexibility index (Phi) is 4.60. The summed E-state index contributed by atoms with van der Waals surface area (Å²) in [5, 5.41) is 0. The Labute approximate surface area is 169 Å². The maximum Gasteiger partial charge on any atom is 0.256 e. The number of morpholine rings is 1. The van der Waals surface area contributed by atoms with Gasteiger partial charge >= 0.3 is 0 Å². The van der Waals surface area contributed by atoms with E-state index in [-0.39, 0.29) is 5.91 Å². The minimum Gasteiger partial charge on any atom is -0.496 e. The van der Waals surface area contributed by atoms with E-state index < -0.39 is 0 Å². The number of rotatable bonds is 5. The van der Waals surface area contributed by atoms with Crippen LogP contribution in [0.3, 0.4) is 0 Å². The monoisotopic (exact) mass is 392 g/mol. The van der Waals surface area contributed by atoms with Crippen LogP contribution >= 0.6 is 0 Å². The second-order valence-electron chi connectivity index (χ2n) is 7.41. The van der Waals surface area contributed by atoms with E-state index in [0.29, 0.717) is 26.3 Å². The van der Waals surface area contributed by atoms with Crippen LogP contribution in [0.5, 0.6) is 5.75 Å². The summed E-state index contributed by atoms with van der Waals surface area (Å²) in [5.41, 5.74) is 4.66. The van der Waals surface area contributed by atoms with E-state index >= 15 is 0 Å². The molecule has 0 aliphatic carbocycles. The number of pyridine rings is 1. The number of aromatic nitrogens is 2. The molecular weight excluding hydrogens is 368 g/mol. The lowest BCUT2D eigenvalue weighted by Crippen LogP contribution is -2.37. The van der Waals surface area contributed by atoms with Gasteiger partial charge < -0.3 is 23.7 Å². The third-order valence-electron chi connectivity index (χ3n) is 5.72. The van der Waals surface area contributed by atoms with Crippen LogP contribution in [0.15, 0.2) is 42.7 Å². The van der Waals surface area contributed by atoms with E-state index in [4.69, 9.17) is 9.47 Å². The molecule has 1 fully saturated rings. The molecule has 1 saturated heterocycles. The second-order valence-corrected chi connectivity index (χ2v) is 7.41. The van der Waals surface area contributed by atoms with Crippen molar-refractivity contribution in [2.45, 2.75) is 13.0 Å². The number of methoxy groups -OCH3 is 1. The number of hydrogen-bond acceptors (Lipinski definition) is 5. The van der Waals surface area contributed by atoms with Crippen molar-refractivity contribution in [2.24, 2.45) is 0 Å². The number of amides is 1. The molecule has 0 spiro atoms. The third-order valence-corrected chi connectivity index (χ3v) is 5.72. The molecule has 0 bridgehead atoms. The zero-order valence-electron chi connectivity index (χ0n) is 16.5. The number of carbonyl (C=O) groups is 1. The van der Waals surface area contributed by atoms with Crippen LogP contribution in [-0.2, 0) is 17.7 Å².